The molecule has 2 aromatic heterocycles. The average Bonchev–Trinajstić information content (AvgIpc) is 3.32. The van der Waals surface area contributed by atoms with Gasteiger partial charge in [0.15, 0.2) is 0 Å². The molecule has 7 nitrogen and oxygen atoms in total. The highest BCUT2D eigenvalue weighted by Crippen LogP contribution is 2.28. The summed E-state index contributed by atoms with van der Waals surface area (Å²) in [5.41, 5.74) is 2.26. The number of thiophene rings is 1. The molecular weight excluding hydrogens is 464 g/mol. The Balaban J connectivity index is 1.44. The first-order chi connectivity index (χ1) is 15.5. The number of hydrogen-bond acceptors (Lipinski definition) is 7. The van der Waals surface area contributed by atoms with Gasteiger partial charge in [-0.25, -0.2) is 23.1 Å². The summed E-state index contributed by atoms with van der Waals surface area (Å²) in [6.45, 7) is 0. The van der Waals surface area contributed by atoms with E-state index < -0.39 is 10.0 Å². The van der Waals surface area contributed by atoms with Gasteiger partial charge in [0.1, 0.15) is 0 Å². The number of rotatable bonds is 8. The number of aromatic nitrogens is 2. The monoisotopic (exact) mass is 482 g/mol. The fourth-order valence-corrected chi connectivity index (χ4v) is 5.49. The Labute approximate surface area is 194 Å². The Morgan fingerprint density at radius 1 is 0.969 bits per heavy atom. The van der Waals surface area contributed by atoms with Crippen molar-refractivity contribution in [1.29, 1.82) is 0 Å². The van der Waals surface area contributed by atoms with Crippen molar-refractivity contribution < 1.29 is 13.2 Å². The van der Waals surface area contributed by atoms with E-state index in [0.29, 0.717) is 11.3 Å². The van der Waals surface area contributed by atoms with E-state index in [9.17, 15) is 13.2 Å². The van der Waals surface area contributed by atoms with Gasteiger partial charge in [0.05, 0.1) is 10.5 Å². The molecule has 0 aliphatic rings. The first kappa shape index (κ1) is 22.0. The first-order valence-corrected chi connectivity index (χ1v) is 12.9. The van der Waals surface area contributed by atoms with Crippen LogP contribution in [0.15, 0.2) is 93.6 Å². The third-order valence-electron chi connectivity index (χ3n) is 4.32. The summed E-state index contributed by atoms with van der Waals surface area (Å²) < 4.78 is 27.3. The molecule has 4 aromatic rings. The molecule has 162 valence electrons. The van der Waals surface area contributed by atoms with Crippen LogP contribution in [0, 0.1) is 0 Å². The third kappa shape index (κ3) is 5.52. The summed E-state index contributed by atoms with van der Waals surface area (Å²) in [6.07, 6.45) is 2.89. The standard InChI is InChI=1S/C22H18N4O3S3/c27-21(19-4-1-2-5-20(19)31-15-16-10-13-30-14-16)25-17-6-8-18(9-7-17)32(28,29)26-22-23-11-3-12-24-22/h1-14H,15H2,(H,25,27)(H,23,24,26). The highest BCUT2D eigenvalue weighted by molar-refractivity contribution is 7.98. The predicted molar refractivity (Wildman–Crippen MR) is 128 cm³/mol. The molecule has 4 rings (SSSR count). The van der Waals surface area contributed by atoms with Crippen LogP contribution in [-0.4, -0.2) is 24.3 Å². The van der Waals surface area contributed by atoms with Crippen LogP contribution in [0.2, 0.25) is 0 Å². The molecule has 0 unspecified atom stereocenters. The van der Waals surface area contributed by atoms with E-state index in [1.54, 1.807) is 47.4 Å². The molecule has 0 radical (unpaired) electrons. The largest absolute Gasteiger partial charge is 0.322 e. The molecule has 2 N–H and O–H groups in total. The number of nitrogens with one attached hydrogen (secondary N) is 2. The van der Waals surface area contributed by atoms with Crippen molar-refractivity contribution in [2.24, 2.45) is 0 Å². The smallest absolute Gasteiger partial charge is 0.264 e. The minimum absolute atomic E-state index is 0.0126. The second kappa shape index (κ2) is 9.94. The van der Waals surface area contributed by atoms with Crippen molar-refractivity contribution in [3.8, 4) is 0 Å². The van der Waals surface area contributed by atoms with Gasteiger partial charge < -0.3 is 5.32 Å². The lowest BCUT2D eigenvalue weighted by Crippen LogP contribution is -2.15. The van der Waals surface area contributed by atoms with Crippen molar-refractivity contribution >= 4 is 50.7 Å². The molecule has 10 heteroatoms. The van der Waals surface area contributed by atoms with E-state index in [-0.39, 0.29) is 16.8 Å². The van der Waals surface area contributed by atoms with Crippen LogP contribution in [0.1, 0.15) is 15.9 Å². The normalized spacial score (nSPS) is 11.1. The van der Waals surface area contributed by atoms with Gasteiger partial charge in [0, 0.05) is 28.7 Å². The van der Waals surface area contributed by atoms with Gasteiger partial charge in [-0.2, -0.15) is 11.3 Å². The van der Waals surface area contributed by atoms with Crippen molar-refractivity contribution in [2.75, 3.05) is 10.0 Å². The van der Waals surface area contributed by atoms with E-state index >= 15 is 0 Å². The molecule has 32 heavy (non-hydrogen) atoms. The number of thioether (sulfide) groups is 1. The predicted octanol–water partition coefficient (Wildman–Crippen LogP) is 4.88. The average molecular weight is 483 g/mol. The molecule has 0 fully saturated rings. The Morgan fingerprint density at radius 2 is 1.72 bits per heavy atom. The maximum absolute atomic E-state index is 12.8. The van der Waals surface area contributed by atoms with Crippen molar-refractivity contribution in [3.63, 3.8) is 0 Å². The highest BCUT2D eigenvalue weighted by Gasteiger charge is 2.16. The Hall–Kier alpha value is -3.21. The van der Waals surface area contributed by atoms with E-state index in [1.807, 2.05) is 23.6 Å². The van der Waals surface area contributed by atoms with Gasteiger partial charge in [-0.05, 0) is 64.9 Å². The topological polar surface area (TPSA) is 101 Å². The number of benzene rings is 2. The zero-order chi connectivity index (χ0) is 22.4. The van der Waals surface area contributed by atoms with Gasteiger partial charge in [-0.1, -0.05) is 12.1 Å². The highest BCUT2D eigenvalue weighted by atomic mass is 32.2. The molecule has 0 atom stereocenters. The fourth-order valence-electron chi connectivity index (χ4n) is 2.76. The van der Waals surface area contributed by atoms with E-state index in [1.165, 1.54) is 30.1 Å². The molecule has 0 aliphatic carbocycles. The maximum atomic E-state index is 12.8. The minimum Gasteiger partial charge on any atom is -0.322 e. The molecule has 0 spiro atoms. The zero-order valence-corrected chi connectivity index (χ0v) is 19.1. The van der Waals surface area contributed by atoms with Crippen LogP contribution >= 0.6 is 23.1 Å². The SMILES string of the molecule is O=C(Nc1ccc(S(=O)(=O)Nc2ncccn2)cc1)c1ccccc1SCc1ccsc1. The second-order valence-corrected chi connectivity index (χ2v) is 10.1. The lowest BCUT2D eigenvalue weighted by Gasteiger charge is -2.11. The van der Waals surface area contributed by atoms with Crippen LogP contribution in [0.25, 0.3) is 0 Å². The lowest BCUT2D eigenvalue weighted by atomic mass is 10.2. The number of amides is 1. The molecule has 0 bridgehead atoms. The number of hydrogen-bond donors (Lipinski definition) is 2. The van der Waals surface area contributed by atoms with Gasteiger partial charge >= 0.3 is 0 Å². The fraction of sp³-hybridized carbons (Fsp3) is 0.0455. The summed E-state index contributed by atoms with van der Waals surface area (Å²) in [4.78, 5) is 21.5. The molecular formula is C22H18N4O3S3. The molecule has 0 saturated carbocycles. The van der Waals surface area contributed by atoms with Gasteiger partial charge in [0.25, 0.3) is 15.9 Å². The maximum Gasteiger partial charge on any atom is 0.264 e. The van der Waals surface area contributed by atoms with Crippen molar-refractivity contribution in [3.05, 3.63) is 94.9 Å². The van der Waals surface area contributed by atoms with Crippen LogP contribution in [-0.2, 0) is 15.8 Å². The summed E-state index contributed by atoms with van der Waals surface area (Å²) in [7, 11) is -3.84. The summed E-state index contributed by atoms with van der Waals surface area (Å²) >= 11 is 3.24. The van der Waals surface area contributed by atoms with Crippen molar-refractivity contribution in [1.82, 2.24) is 9.97 Å². The van der Waals surface area contributed by atoms with Gasteiger partial charge in [-0.3, -0.25) is 4.79 Å². The van der Waals surface area contributed by atoms with E-state index in [2.05, 4.69) is 31.5 Å². The summed E-state index contributed by atoms with van der Waals surface area (Å²) in [5.74, 6) is 0.504. The van der Waals surface area contributed by atoms with Gasteiger partial charge in [-0.15, -0.1) is 11.8 Å². The Bertz CT molecular complexity index is 1290. The van der Waals surface area contributed by atoms with E-state index in [4.69, 9.17) is 0 Å². The zero-order valence-electron chi connectivity index (χ0n) is 16.6. The summed E-state index contributed by atoms with van der Waals surface area (Å²) in [5, 5.41) is 6.95. The summed E-state index contributed by atoms with van der Waals surface area (Å²) in [6, 6.07) is 17.0. The van der Waals surface area contributed by atoms with Crippen LogP contribution in [0.4, 0.5) is 11.6 Å². The molecule has 0 saturated heterocycles. The van der Waals surface area contributed by atoms with Crippen molar-refractivity contribution in [2.45, 2.75) is 15.5 Å². The molecule has 1 amide bonds. The Kier molecular flexibility index (Phi) is 6.84. The van der Waals surface area contributed by atoms with Crippen LogP contribution < -0.4 is 10.0 Å². The molecule has 0 aliphatic heterocycles. The lowest BCUT2D eigenvalue weighted by molar-refractivity contribution is 0.102. The van der Waals surface area contributed by atoms with Gasteiger partial charge in [0.2, 0.25) is 5.95 Å². The second-order valence-electron chi connectivity index (χ2n) is 6.57. The van der Waals surface area contributed by atoms with Crippen LogP contribution in [0.5, 0.6) is 0 Å². The van der Waals surface area contributed by atoms with Crippen LogP contribution in [0.3, 0.4) is 0 Å². The number of sulfonamides is 1. The Morgan fingerprint density at radius 3 is 2.44 bits per heavy atom. The number of carbonyl (C=O) groups excluding carboxylic acids is 1. The molecule has 2 aromatic carbocycles. The quantitative estimate of drug-likeness (QED) is 0.347. The van der Waals surface area contributed by atoms with E-state index in [0.717, 1.165) is 10.6 Å². The molecule has 2 heterocycles. The third-order valence-corrected chi connectivity index (χ3v) is 7.54. The minimum atomic E-state index is -3.84. The first-order valence-electron chi connectivity index (χ1n) is 9.45. The number of nitrogens with zero attached hydrogens (tertiary/aromatic N) is 2. The number of anilines is 2. The number of carbonyl (C=O) groups is 1.